The molecule has 2 aromatic carbocycles. The summed E-state index contributed by atoms with van der Waals surface area (Å²) < 4.78 is 40.3. The van der Waals surface area contributed by atoms with Crippen LogP contribution in [0.4, 0.5) is 10.1 Å². The molecule has 2 saturated heterocycles. The van der Waals surface area contributed by atoms with E-state index in [2.05, 4.69) is 0 Å². The van der Waals surface area contributed by atoms with Gasteiger partial charge in [-0.2, -0.15) is 4.31 Å². The highest BCUT2D eigenvalue weighted by atomic mass is 32.2. The minimum absolute atomic E-state index is 0.0726. The van der Waals surface area contributed by atoms with Gasteiger partial charge in [0.05, 0.1) is 10.8 Å². The smallest absolute Gasteiger partial charge is 0.243 e. The molecule has 0 N–H and O–H groups in total. The lowest BCUT2D eigenvalue weighted by molar-refractivity contribution is -0.136. The van der Waals surface area contributed by atoms with Crippen molar-refractivity contribution in [1.29, 1.82) is 0 Å². The second-order valence-electron chi connectivity index (χ2n) is 8.07. The molecule has 7 nitrogen and oxygen atoms in total. The Bertz CT molecular complexity index is 1130. The van der Waals surface area contributed by atoms with Crippen LogP contribution in [0.5, 0.6) is 0 Å². The Balaban J connectivity index is 1.40. The van der Waals surface area contributed by atoms with Gasteiger partial charge in [0.1, 0.15) is 5.82 Å². The third kappa shape index (κ3) is 4.27. The highest BCUT2D eigenvalue weighted by Crippen LogP contribution is 2.30. The number of aryl methyl sites for hydroxylation is 1. The van der Waals surface area contributed by atoms with Crippen molar-refractivity contribution in [3.8, 4) is 0 Å². The Hall–Kier alpha value is -2.78. The van der Waals surface area contributed by atoms with Gasteiger partial charge in [-0.15, -0.1) is 0 Å². The van der Waals surface area contributed by atoms with Gasteiger partial charge < -0.3 is 9.80 Å². The number of benzene rings is 2. The van der Waals surface area contributed by atoms with Gasteiger partial charge in [-0.25, -0.2) is 12.8 Å². The van der Waals surface area contributed by atoms with Crippen LogP contribution in [0.1, 0.15) is 18.9 Å². The van der Waals surface area contributed by atoms with Gasteiger partial charge in [-0.3, -0.25) is 9.59 Å². The van der Waals surface area contributed by atoms with E-state index >= 15 is 0 Å². The third-order valence-electron chi connectivity index (χ3n) is 6.12. The quantitative estimate of drug-likeness (QED) is 0.687. The summed E-state index contributed by atoms with van der Waals surface area (Å²) in [6.45, 7) is 3.10. The van der Waals surface area contributed by atoms with Crippen LogP contribution in [0.25, 0.3) is 0 Å². The minimum atomic E-state index is -3.82. The lowest BCUT2D eigenvalue weighted by Gasteiger charge is -2.35. The van der Waals surface area contributed by atoms with Crippen molar-refractivity contribution in [3.63, 3.8) is 0 Å². The van der Waals surface area contributed by atoms with Crippen molar-refractivity contribution in [2.75, 3.05) is 37.6 Å². The van der Waals surface area contributed by atoms with Gasteiger partial charge in [0.25, 0.3) is 0 Å². The molecule has 0 unspecified atom stereocenters. The summed E-state index contributed by atoms with van der Waals surface area (Å²) in [6, 6.07) is 12.6. The minimum Gasteiger partial charge on any atom is -0.340 e. The van der Waals surface area contributed by atoms with Crippen molar-refractivity contribution in [1.82, 2.24) is 9.21 Å². The molecule has 2 aliphatic heterocycles. The molecular formula is C23H26FN3O4S. The number of amides is 2. The normalized spacial score (nSPS) is 20.1. The van der Waals surface area contributed by atoms with Gasteiger partial charge in [-0.1, -0.05) is 31.2 Å². The highest BCUT2D eigenvalue weighted by Gasteiger charge is 2.39. The lowest BCUT2D eigenvalue weighted by Crippen LogP contribution is -2.52. The van der Waals surface area contributed by atoms with Crippen LogP contribution in [0.15, 0.2) is 53.4 Å². The summed E-state index contributed by atoms with van der Waals surface area (Å²) in [5.41, 5.74) is 1.91. The summed E-state index contributed by atoms with van der Waals surface area (Å²) in [4.78, 5) is 28.9. The number of rotatable bonds is 5. The molecule has 170 valence electrons. The third-order valence-corrected chi connectivity index (χ3v) is 8.02. The maximum Gasteiger partial charge on any atom is 0.243 e. The summed E-state index contributed by atoms with van der Waals surface area (Å²) in [6.07, 6.45) is 0.943. The molecule has 2 heterocycles. The van der Waals surface area contributed by atoms with Gasteiger partial charge in [0.15, 0.2) is 0 Å². The fraction of sp³-hybridized carbons (Fsp3) is 0.391. The average Bonchev–Trinajstić information content (AvgIpc) is 3.20. The zero-order valence-electron chi connectivity index (χ0n) is 17.9. The Morgan fingerprint density at radius 3 is 2.47 bits per heavy atom. The monoisotopic (exact) mass is 459 g/mol. The van der Waals surface area contributed by atoms with Crippen LogP contribution in [0.2, 0.25) is 0 Å². The van der Waals surface area contributed by atoms with Crippen molar-refractivity contribution in [3.05, 3.63) is 59.9 Å². The highest BCUT2D eigenvalue weighted by molar-refractivity contribution is 7.89. The van der Waals surface area contributed by atoms with Crippen LogP contribution in [0, 0.1) is 11.7 Å². The van der Waals surface area contributed by atoms with Gasteiger partial charge in [0, 0.05) is 44.8 Å². The number of carbonyl (C=O) groups excluding carboxylic acids is 2. The summed E-state index contributed by atoms with van der Waals surface area (Å²) in [5.74, 6) is -1.26. The SMILES string of the molecule is CCc1ccccc1N1C[C@H](C(=O)N2CCN(S(=O)(=O)c3cccc(F)c3)CC2)CC1=O. The Morgan fingerprint density at radius 2 is 1.78 bits per heavy atom. The number of sulfonamides is 1. The zero-order valence-corrected chi connectivity index (χ0v) is 18.7. The van der Waals surface area contributed by atoms with Crippen molar-refractivity contribution >= 4 is 27.5 Å². The van der Waals surface area contributed by atoms with E-state index in [1.807, 2.05) is 31.2 Å². The van der Waals surface area contributed by atoms with Gasteiger partial charge in [0.2, 0.25) is 21.8 Å². The first-order valence-corrected chi connectivity index (χ1v) is 12.2. The standard InChI is InChI=1S/C23H26FN3O4S/c1-2-17-6-3-4-9-21(17)27-16-18(14-22(27)28)23(29)25-10-12-26(13-11-25)32(30,31)20-8-5-7-19(24)15-20/h3-9,15,18H,2,10-14,16H2,1H3/t18-/m1/s1. The van der Waals surface area contributed by atoms with Crippen LogP contribution in [0.3, 0.4) is 0 Å². The Morgan fingerprint density at radius 1 is 1.06 bits per heavy atom. The first kappa shape index (κ1) is 22.4. The molecule has 2 fully saturated rings. The first-order valence-electron chi connectivity index (χ1n) is 10.7. The van der Waals surface area contributed by atoms with Gasteiger partial charge in [-0.05, 0) is 36.2 Å². The molecule has 2 amide bonds. The molecule has 0 saturated carbocycles. The molecule has 2 aliphatic rings. The van der Waals surface area contributed by atoms with E-state index in [0.29, 0.717) is 6.54 Å². The summed E-state index contributed by atoms with van der Waals surface area (Å²) >= 11 is 0. The van der Waals surface area contributed by atoms with Crippen LogP contribution in [-0.4, -0.2) is 62.2 Å². The molecule has 9 heteroatoms. The number of para-hydroxylation sites is 1. The lowest BCUT2D eigenvalue weighted by atomic mass is 10.1. The summed E-state index contributed by atoms with van der Waals surface area (Å²) in [7, 11) is -3.82. The summed E-state index contributed by atoms with van der Waals surface area (Å²) in [5, 5.41) is 0. The number of anilines is 1. The van der Waals surface area contributed by atoms with Crippen LogP contribution >= 0.6 is 0 Å². The van der Waals surface area contributed by atoms with Crippen LogP contribution in [-0.2, 0) is 26.0 Å². The van der Waals surface area contributed by atoms with Crippen molar-refractivity contribution in [2.24, 2.45) is 5.92 Å². The number of hydrogen-bond donors (Lipinski definition) is 0. The van der Waals surface area contributed by atoms with E-state index in [-0.39, 0.29) is 49.3 Å². The fourth-order valence-corrected chi connectivity index (χ4v) is 5.82. The number of nitrogens with zero attached hydrogens (tertiary/aromatic N) is 3. The molecule has 2 aromatic rings. The number of hydrogen-bond acceptors (Lipinski definition) is 4. The van der Waals surface area contributed by atoms with E-state index in [4.69, 9.17) is 0 Å². The van der Waals surface area contributed by atoms with Gasteiger partial charge >= 0.3 is 0 Å². The fourth-order valence-electron chi connectivity index (χ4n) is 4.36. The number of halogens is 1. The molecule has 0 bridgehead atoms. The topological polar surface area (TPSA) is 78.0 Å². The van der Waals surface area contributed by atoms with Crippen molar-refractivity contribution in [2.45, 2.75) is 24.7 Å². The maximum atomic E-state index is 13.5. The largest absolute Gasteiger partial charge is 0.340 e. The molecule has 4 rings (SSSR count). The zero-order chi connectivity index (χ0) is 22.9. The molecule has 32 heavy (non-hydrogen) atoms. The first-order chi connectivity index (χ1) is 15.3. The Kier molecular flexibility index (Phi) is 6.30. The van der Waals surface area contributed by atoms with E-state index in [9.17, 15) is 22.4 Å². The van der Waals surface area contributed by atoms with E-state index < -0.39 is 21.8 Å². The Labute approximate surface area is 187 Å². The number of carbonyl (C=O) groups is 2. The number of piperazine rings is 1. The van der Waals surface area contributed by atoms with E-state index in [1.54, 1.807) is 9.80 Å². The molecule has 0 aliphatic carbocycles. The molecular weight excluding hydrogens is 433 g/mol. The maximum absolute atomic E-state index is 13.5. The predicted molar refractivity (Wildman–Crippen MR) is 118 cm³/mol. The molecule has 0 radical (unpaired) electrons. The molecule has 0 spiro atoms. The van der Waals surface area contributed by atoms with Crippen molar-refractivity contribution < 1.29 is 22.4 Å². The predicted octanol–water partition coefficient (Wildman–Crippen LogP) is 2.27. The molecule has 0 aromatic heterocycles. The second kappa shape index (κ2) is 8.99. The molecule has 1 atom stereocenters. The second-order valence-corrected chi connectivity index (χ2v) is 10.0. The van der Waals surface area contributed by atoms with E-state index in [1.165, 1.54) is 22.5 Å². The van der Waals surface area contributed by atoms with E-state index in [0.717, 1.165) is 23.7 Å². The average molecular weight is 460 g/mol. The van der Waals surface area contributed by atoms with Crippen LogP contribution < -0.4 is 4.90 Å².